The Bertz CT molecular complexity index is 943. The summed E-state index contributed by atoms with van der Waals surface area (Å²) in [5.74, 6) is 0. The number of hydrogen-bond donors (Lipinski definition) is 1. The molecule has 2 heterocycles. The van der Waals surface area contributed by atoms with Crippen LogP contribution in [0.5, 0.6) is 0 Å². The van der Waals surface area contributed by atoms with Gasteiger partial charge in [-0.05, 0) is 48.7 Å². The van der Waals surface area contributed by atoms with Gasteiger partial charge in [-0.15, -0.1) is 0 Å². The lowest BCUT2D eigenvalue weighted by atomic mass is 9.97. The van der Waals surface area contributed by atoms with E-state index in [4.69, 9.17) is 0 Å². The van der Waals surface area contributed by atoms with Crippen LogP contribution in [-0.4, -0.2) is 11.5 Å². The van der Waals surface area contributed by atoms with E-state index in [1.54, 1.807) is 30.1 Å². The van der Waals surface area contributed by atoms with E-state index >= 15 is 0 Å². The Hall–Kier alpha value is -2.47. The first-order valence-electron chi connectivity index (χ1n) is 9.02. The summed E-state index contributed by atoms with van der Waals surface area (Å²) in [6.07, 6.45) is 6.17. The van der Waals surface area contributed by atoms with Gasteiger partial charge in [-0.1, -0.05) is 49.0 Å². The molecule has 0 fully saturated rings. The van der Waals surface area contributed by atoms with Crippen molar-refractivity contribution in [3.8, 4) is 11.1 Å². The second-order valence-corrected chi connectivity index (χ2v) is 7.40. The van der Waals surface area contributed by atoms with Crippen LogP contribution in [-0.2, 0) is 6.18 Å². The van der Waals surface area contributed by atoms with Crippen molar-refractivity contribution in [2.75, 3.05) is 6.54 Å². The molecule has 3 rings (SSSR count). The zero-order valence-electron chi connectivity index (χ0n) is 15.7. The maximum Gasteiger partial charge on any atom is 0.416 e. The maximum atomic E-state index is 13.2. The van der Waals surface area contributed by atoms with E-state index < -0.39 is 11.7 Å². The van der Waals surface area contributed by atoms with E-state index in [9.17, 15) is 13.2 Å². The molecule has 0 radical (unpaired) electrons. The SMILES string of the molecule is CC/C=C(/SC1=CC=CCN1)c1c(-c2cccc(C(F)(F)F)c2)ccnc1C. The molecule has 1 aromatic carbocycles. The van der Waals surface area contributed by atoms with Crippen LogP contribution in [0.2, 0.25) is 0 Å². The summed E-state index contributed by atoms with van der Waals surface area (Å²) in [5, 5.41) is 4.31. The Morgan fingerprint density at radius 2 is 2.11 bits per heavy atom. The molecule has 0 saturated carbocycles. The van der Waals surface area contributed by atoms with E-state index in [0.29, 0.717) is 5.56 Å². The molecule has 0 spiro atoms. The molecule has 0 bridgehead atoms. The standard InChI is InChI=1S/C22H21F3N2S/c1-3-7-19(28-20-10-4-5-12-27-20)21-15(2)26-13-11-18(21)16-8-6-9-17(14-16)22(23,24)25/h4-11,13-14,27H,3,12H2,1-2H3/b19-7+. The number of allylic oxidation sites excluding steroid dienone is 3. The lowest BCUT2D eigenvalue weighted by Gasteiger charge is -2.19. The Kier molecular flexibility index (Phi) is 6.29. The van der Waals surface area contributed by atoms with Crippen molar-refractivity contribution < 1.29 is 13.2 Å². The van der Waals surface area contributed by atoms with Crippen molar-refractivity contribution >= 4 is 16.7 Å². The van der Waals surface area contributed by atoms with Crippen LogP contribution in [0.25, 0.3) is 16.0 Å². The van der Waals surface area contributed by atoms with Gasteiger partial charge in [-0.3, -0.25) is 4.98 Å². The Labute approximate surface area is 167 Å². The van der Waals surface area contributed by atoms with Crippen molar-refractivity contribution in [2.24, 2.45) is 0 Å². The number of benzene rings is 1. The molecule has 1 aliphatic heterocycles. The van der Waals surface area contributed by atoms with Gasteiger partial charge < -0.3 is 5.32 Å². The summed E-state index contributed by atoms with van der Waals surface area (Å²) in [7, 11) is 0. The van der Waals surface area contributed by atoms with Crippen LogP contribution in [0.4, 0.5) is 13.2 Å². The van der Waals surface area contributed by atoms with Gasteiger partial charge in [0.1, 0.15) is 0 Å². The van der Waals surface area contributed by atoms with Crippen molar-refractivity contribution in [2.45, 2.75) is 26.4 Å². The van der Waals surface area contributed by atoms with Gasteiger partial charge in [-0.25, -0.2) is 0 Å². The fraction of sp³-hybridized carbons (Fsp3) is 0.227. The summed E-state index contributed by atoms with van der Waals surface area (Å²) in [6.45, 7) is 4.68. The van der Waals surface area contributed by atoms with Crippen LogP contribution < -0.4 is 5.32 Å². The lowest BCUT2D eigenvalue weighted by Crippen LogP contribution is -2.13. The molecule has 0 saturated heterocycles. The van der Waals surface area contributed by atoms with Gasteiger partial charge in [0.05, 0.1) is 10.6 Å². The third kappa shape index (κ3) is 4.68. The number of aromatic nitrogens is 1. The highest BCUT2D eigenvalue weighted by Crippen LogP contribution is 2.41. The highest BCUT2D eigenvalue weighted by molar-refractivity contribution is 8.11. The van der Waals surface area contributed by atoms with E-state index in [-0.39, 0.29) is 0 Å². The smallest absolute Gasteiger partial charge is 0.376 e. The normalized spacial score (nSPS) is 14.6. The van der Waals surface area contributed by atoms with Crippen LogP contribution >= 0.6 is 11.8 Å². The summed E-state index contributed by atoms with van der Waals surface area (Å²) in [5.41, 5.74) is 2.28. The van der Waals surface area contributed by atoms with E-state index in [1.165, 1.54) is 12.1 Å². The largest absolute Gasteiger partial charge is 0.416 e. The third-order valence-corrected chi connectivity index (χ3v) is 5.37. The van der Waals surface area contributed by atoms with E-state index in [2.05, 4.69) is 16.4 Å². The van der Waals surface area contributed by atoms with Gasteiger partial charge in [0, 0.05) is 28.9 Å². The van der Waals surface area contributed by atoms with Gasteiger partial charge in [0.25, 0.3) is 0 Å². The number of thioether (sulfide) groups is 1. The van der Waals surface area contributed by atoms with Crippen molar-refractivity contribution in [3.63, 3.8) is 0 Å². The fourth-order valence-electron chi connectivity index (χ4n) is 2.99. The molecule has 28 heavy (non-hydrogen) atoms. The van der Waals surface area contributed by atoms with E-state index in [0.717, 1.165) is 45.8 Å². The maximum absolute atomic E-state index is 13.2. The molecule has 0 aliphatic carbocycles. The fourth-order valence-corrected chi connectivity index (χ4v) is 4.14. The topological polar surface area (TPSA) is 24.9 Å². The molecule has 2 nitrogen and oxygen atoms in total. The predicted octanol–water partition coefficient (Wildman–Crippen LogP) is 6.56. The van der Waals surface area contributed by atoms with Gasteiger partial charge in [0.15, 0.2) is 0 Å². The summed E-state index contributed by atoms with van der Waals surface area (Å²) in [6, 6.07) is 7.24. The summed E-state index contributed by atoms with van der Waals surface area (Å²) < 4.78 is 39.6. The zero-order valence-corrected chi connectivity index (χ0v) is 16.5. The van der Waals surface area contributed by atoms with Crippen LogP contribution in [0, 0.1) is 6.92 Å². The number of nitrogens with one attached hydrogen (secondary N) is 1. The first-order chi connectivity index (χ1) is 13.4. The first-order valence-corrected chi connectivity index (χ1v) is 9.84. The first kappa shape index (κ1) is 20.3. The van der Waals surface area contributed by atoms with Crippen LogP contribution in [0.15, 0.2) is 65.9 Å². The molecular formula is C22H21F3N2S. The van der Waals surface area contributed by atoms with Crippen molar-refractivity contribution in [3.05, 3.63) is 82.7 Å². The Morgan fingerprint density at radius 1 is 1.29 bits per heavy atom. The molecule has 2 aromatic rings. The zero-order chi connectivity index (χ0) is 20.1. The molecule has 1 aromatic heterocycles. The number of alkyl halides is 3. The number of dihydropyridines is 1. The quantitative estimate of drug-likeness (QED) is 0.613. The minimum atomic E-state index is -4.38. The van der Waals surface area contributed by atoms with Gasteiger partial charge in [0.2, 0.25) is 0 Å². The number of aryl methyl sites for hydroxylation is 1. The molecule has 0 amide bonds. The van der Waals surface area contributed by atoms with Gasteiger partial charge >= 0.3 is 6.18 Å². The second-order valence-electron chi connectivity index (χ2n) is 6.32. The number of halogens is 3. The van der Waals surface area contributed by atoms with Crippen molar-refractivity contribution in [1.82, 2.24) is 10.3 Å². The highest BCUT2D eigenvalue weighted by Gasteiger charge is 2.30. The number of pyridine rings is 1. The molecule has 1 aliphatic rings. The summed E-state index contributed by atoms with van der Waals surface area (Å²) in [4.78, 5) is 5.38. The van der Waals surface area contributed by atoms with Gasteiger partial charge in [-0.2, -0.15) is 13.2 Å². The number of hydrogen-bond acceptors (Lipinski definition) is 3. The predicted molar refractivity (Wildman–Crippen MR) is 110 cm³/mol. The monoisotopic (exact) mass is 402 g/mol. The molecule has 0 atom stereocenters. The molecule has 1 N–H and O–H groups in total. The third-order valence-electron chi connectivity index (χ3n) is 4.28. The second kappa shape index (κ2) is 8.69. The molecular weight excluding hydrogens is 381 g/mol. The minimum absolute atomic E-state index is 0.531. The Morgan fingerprint density at radius 3 is 2.79 bits per heavy atom. The summed E-state index contributed by atoms with van der Waals surface area (Å²) >= 11 is 1.57. The van der Waals surface area contributed by atoms with E-state index in [1.807, 2.05) is 32.1 Å². The van der Waals surface area contributed by atoms with Crippen LogP contribution in [0.1, 0.15) is 30.2 Å². The average molecular weight is 402 g/mol. The molecule has 146 valence electrons. The average Bonchev–Trinajstić information content (AvgIpc) is 2.68. The molecule has 6 heteroatoms. The minimum Gasteiger partial charge on any atom is -0.376 e. The molecule has 0 unspecified atom stereocenters. The van der Waals surface area contributed by atoms with Crippen LogP contribution in [0.3, 0.4) is 0 Å². The highest BCUT2D eigenvalue weighted by atomic mass is 32.2. The van der Waals surface area contributed by atoms with Crippen molar-refractivity contribution in [1.29, 1.82) is 0 Å². The number of nitrogens with zero attached hydrogens (tertiary/aromatic N) is 1. The number of rotatable bonds is 5. The Balaban J connectivity index is 2.10. The lowest BCUT2D eigenvalue weighted by molar-refractivity contribution is -0.137.